The first-order valence-electron chi connectivity index (χ1n) is 28.6. The van der Waals surface area contributed by atoms with Crippen LogP contribution in [0.2, 0.25) is 0 Å². The number of hydrogen-bond donors (Lipinski definition) is 0. The van der Waals surface area contributed by atoms with Crippen LogP contribution in [0.4, 0.5) is 0 Å². The van der Waals surface area contributed by atoms with E-state index in [1.807, 2.05) is 0 Å². The van der Waals surface area contributed by atoms with Crippen LogP contribution in [-0.4, -0.2) is 19.9 Å². The van der Waals surface area contributed by atoms with Gasteiger partial charge < -0.3 is 4.74 Å². The van der Waals surface area contributed by atoms with Crippen LogP contribution in [0.1, 0.15) is 264 Å². The molecule has 5 heteroatoms. The molecule has 67 heavy (non-hydrogen) atoms. The molecule has 2 fully saturated rings. The summed E-state index contributed by atoms with van der Waals surface area (Å²) in [6, 6.07) is 14.3. The van der Waals surface area contributed by atoms with Gasteiger partial charge in [0.25, 0.3) is 0 Å². The van der Waals surface area contributed by atoms with Crippen molar-refractivity contribution in [1.82, 2.24) is 19.9 Å². The smallest absolute Gasteiger partial charge is 0.131 e. The van der Waals surface area contributed by atoms with E-state index >= 15 is 0 Å². The predicted octanol–water partition coefficient (Wildman–Crippen LogP) is 18.1. The molecular weight excluding hydrogens is 817 g/mol. The Labute approximate surface area is 410 Å². The van der Waals surface area contributed by atoms with Crippen LogP contribution >= 0.6 is 0 Å². The van der Waals surface area contributed by atoms with Crippen LogP contribution in [-0.2, 0) is 38.5 Å². The summed E-state index contributed by atoms with van der Waals surface area (Å²) < 4.78 is 7.16. The average Bonchev–Trinajstić information content (AvgIpc) is 3.36. The third-order valence-electron chi connectivity index (χ3n) is 15.6. The summed E-state index contributed by atoms with van der Waals surface area (Å²) in [5.74, 6) is 6.54. The quantitative estimate of drug-likeness (QED) is 0.0457. The fourth-order valence-electron chi connectivity index (χ4n) is 11.2. The van der Waals surface area contributed by atoms with E-state index in [4.69, 9.17) is 24.7 Å². The van der Waals surface area contributed by atoms with Gasteiger partial charge in [0.05, 0.1) is 0 Å². The Bertz CT molecular complexity index is 1770. The van der Waals surface area contributed by atoms with Crippen LogP contribution in [0.5, 0.6) is 11.5 Å². The first-order valence-corrected chi connectivity index (χ1v) is 28.6. The minimum absolute atomic E-state index is 0.478. The summed E-state index contributed by atoms with van der Waals surface area (Å²) >= 11 is 0. The second-order valence-corrected chi connectivity index (χ2v) is 21.4. The maximum atomic E-state index is 7.16. The fraction of sp³-hybridized carbons (Fsp3) is 0.677. The van der Waals surface area contributed by atoms with Crippen LogP contribution in [0.25, 0.3) is 0 Å². The third kappa shape index (κ3) is 18.7. The zero-order chi connectivity index (χ0) is 46.7. The molecule has 2 aliphatic rings. The first-order chi connectivity index (χ1) is 33.0. The van der Waals surface area contributed by atoms with E-state index in [-0.39, 0.29) is 0 Å². The fourth-order valence-corrected chi connectivity index (χ4v) is 11.2. The van der Waals surface area contributed by atoms with Gasteiger partial charge in [0.15, 0.2) is 0 Å². The lowest BCUT2D eigenvalue weighted by molar-refractivity contribution is 0.312. The molecule has 6 rings (SSSR count). The summed E-state index contributed by atoms with van der Waals surface area (Å²) in [5.41, 5.74) is 8.33. The van der Waals surface area contributed by atoms with Crippen LogP contribution in [0.15, 0.2) is 61.2 Å². The van der Waals surface area contributed by atoms with Crippen molar-refractivity contribution in [1.29, 1.82) is 0 Å². The van der Waals surface area contributed by atoms with Crippen molar-refractivity contribution in [2.45, 2.75) is 258 Å². The minimum atomic E-state index is 0.478. The molecule has 0 amide bonds. The van der Waals surface area contributed by atoms with Crippen LogP contribution < -0.4 is 4.74 Å². The number of ether oxygens (including phenoxy) is 1. The highest BCUT2D eigenvalue weighted by Crippen LogP contribution is 2.41. The number of rotatable bonds is 32. The summed E-state index contributed by atoms with van der Waals surface area (Å²) in [4.78, 5) is 19.7. The molecule has 2 aromatic carbocycles. The van der Waals surface area contributed by atoms with E-state index < -0.39 is 0 Å². The Balaban J connectivity index is 1.06. The van der Waals surface area contributed by atoms with Crippen molar-refractivity contribution < 1.29 is 4.74 Å². The summed E-state index contributed by atoms with van der Waals surface area (Å²) in [6.45, 7) is 9.19. The van der Waals surface area contributed by atoms with E-state index in [9.17, 15) is 0 Å². The summed E-state index contributed by atoms with van der Waals surface area (Å²) in [6.07, 6.45) is 51.2. The van der Waals surface area contributed by atoms with Gasteiger partial charge in [-0.1, -0.05) is 155 Å². The van der Waals surface area contributed by atoms with Gasteiger partial charge in [-0.25, -0.2) is 19.9 Å². The van der Waals surface area contributed by atoms with E-state index in [2.05, 4.69) is 88.9 Å². The molecule has 0 spiro atoms. The van der Waals surface area contributed by atoms with Crippen molar-refractivity contribution in [3.8, 4) is 11.5 Å². The van der Waals surface area contributed by atoms with Crippen molar-refractivity contribution in [2.75, 3.05) is 0 Å². The van der Waals surface area contributed by atoms with Crippen molar-refractivity contribution >= 4 is 0 Å². The molecule has 2 aromatic heterocycles. The zero-order valence-electron chi connectivity index (χ0n) is 43.3. The molecule has 0 aliphatic heterocycles. The normalized spacial score (nSPS) is 18.6. The van der Waals surface area contributed by atoms with Crippen molar-refractivity contribution in [3.63, 3.8) is 0 Å². The van der Waals surface area contributed by atoms with Gasteiger partial charge in [-0.05, 0) is 173 Å². The molecule has 0 saturated heterocycles. The lowest BCUT2D eigenvalue weighted by atomic mass is 9.78. The number of nitrogens with zero attached hydrogens (tertiary/aromatic N) is 4. The number of benzene rings is 2. The molecule has 4 aromatic rings. The molecule has 0 bridgehead atoms. The number of aromatic nitrogens is 4. The highest BCUT2D eigenvalue weighted by molar-refractivity contribution is 5.45. The van der Waals surface area contributed by atoms with Gasteiger partial charge in [-0.3, -0.25) is 0 Å². The largest absolute Gasteiger partial charge is 0.457 e. The monoisotopic (exact) mass is 911 g/mol. The molecule has 5 nitrogen and oxygen atoms in total. The molecule has 2 aliphatic carbocycles. The Morgan fingerprint density at radius 1 is 0.373 bits per heavy atom. The van der Waals surface area contributed by atoms with Gasteiger partial charge in [-0.15, -0.1) is 0 Å². The standard InChI is InChI=1S/C62H94N4O/c1-5-9-13-15-17-19-23-27-53-45-63-61(64-46-53)55-35-29-51(30-36-55)43-57-41-49(25-21-11-7-3)33-39-59(57)67-60-40-34-50(26-22-12-8-4)42-58(60)44-52-31-37-56(38-32-52)62-65-47-54(48-66-62)28-24-20-18-16-14-10-6-2/h33-34,39-42,45-48,51-52,55-56H,5-32,35-38,43-44H2,1-4H3. The molecule has 0 unspecified atom stereocenters. The van der Waals surface area contributed by atoms with E-state index in [1.165, 1.54) is 213 Å². The lowest BCUT2D eigenvalue weighted by Gasteiger charge is -2.29. The first kappa shape index (κ1) is 52.8. The van der Waals surface area contributed by atoms with E-state index in [1.54, 1.807) is 0 Å². The maximum absolute atomic E-state index is 7.16. The molecule has 368 valence electrons. The number of hydrogen-bond acceptors (Lipinski definition) is 5. The second kappa shape index (κ2) is 30.8. The van der Waals surface area contributed by atoms with Gasteiger partial charge in [-0.2, -0.15) is 0 Å². The summed E-state index contributed by atoms with van der Waals surface area (Å²) in [5, 5.41) is 0. The van der Waals surface area contributed by atoms with Crippen molar-refractivity contribution in [3.05, 3.63) is 106 Å². The number of aryl methyl sites for hydroxylation is 4. The SMILES string of the molecule is CCCCCCCCCc1cnc(C2CCC(Cc3cc(CCCCC)ccc3Oc3ccc(CCCCC)cc3CC3CCC(c4ncc(CCCCCCCCC)cn4)CC3)CC2)nc1. The highest BCUT2D eigenvalue weighted by Gasteiger charge is 2.27. The predicted molar refractivity (Wildman–Crippen MR) is 284 cm³/mol. The molecular formula is C62H94N4O. The van der Waals surface area contributed by atoms with Gasteiger partial charge in [0.1, 0.15) is 23.1 Å². The third-order valence-corrected chi connectivity index (χ3v) is 15.6. The molecule has 0 N–H and O–H groups in total. The molecule has 0 atom stereocenters. The average molecular weight is 911 g/mol. The Morgan fingerprint density at radius 3 is 1.06 bits per heavy atom. The Kier molecular flexibility index (Phi) is 24.3. The maximum Gasteiger partial charge on any atom is 0.131 e. The van der Waals surface area contributed by atoms with E-state index in [0.717, 1.165) is 61.7 Å². The van der Waals surface area contributed by atoms with Crippen LogP contribution in [0, 0.1) is 11.8 Å². The topological polar surface area (TPSA) is 60.8 Å². The Hall–Kier alpha value is -3.60. The molecule has 0 radical (unpaired) electrons. The van der Waals surface area contributed by atoms with Crippen molar-refractivity contribution in [2.24, 2.45) is 11.8 Å². The molecule has 2 heterocycles. The van der Waals surface area contributed by atoms with Gasteiger partial charge in [0.2, 0.25) is 0 Å². The molecule has 2 saturated carbocycles. The van der Waals surface area contributed by atoms with E-state index in [0.29, 0.717) is 23.7 Å². The number of unbranched alkanes of at least 4 members (excludes halogenated alkanes) is 16. The Morgan fingerprint density at radius 2 is 0.687 bits per heavy atom. The zero-order valence-corrected chi connectivity index (χ0v) is 43.3. The minimum Gasteiger partial charge on any atom is -0.457 e. The van der Waals surface area contributed by atoms with Crippen LogP contribution in [0.3, 0.4) is 0 Å². The highest BCUT2D eigenvalue weighted by atomic mass is 16.5. The summed E-state index contributed by atoms with van der Waals surface area (Å²) in [7, 11) is 0. The second-order valence-electron chi connectivity index (χ2n) is 21.4. The van der Waals surface area contributed by atoms with Gasteiger partial charge in [0, 0.05) is 36.6 Å². The lowest BCUT2D eigenvalue weighted by Crippen LogP contribution is -2.18. The van der Waals surface area contributed by atoms with Gasteiger partial charge >= 0.3 is 0 Å².